The lowest BCUT2D eigenvalue weighted by atomic mass is 10.1. The van der Waals surface area contributed by atoms with Gasteiger partial charge in [0.05, 0.1) is 15.7 Å². The molecule has 0 unspecified atom stereocenters. The summed E-state index contributed by atoms with van der Waals surface area (Å²) >= 11 is 12.0. The molecule has 0 aromatic heterocycles. The molecular weight excluding hydrogens is 295 g/mol. The Labute approximate surface area is 127 Å². The lowest BCUT2D eigenvalue weighted by Gasteiger charge is -2.13. The number of carbonyl (C=O) groups is 1. The fourth-order valence-electron chi connectivity index (χ4n) is 1.77. The predicted octanol–water partition coefficient (Wildman–Crippen LogP) is 5.25. The summed E-state index contributed by atoms with van der Waals surface area (Å²) in [5.74, 6) is 0. The van der Waals surface area contributed by atoms with Gasteiger partial charge in [-0.2, -0.15) is 0 Å². The lowest BCUT2D eigenvalue weighted by Crippen LogP contribution is -2.20. The molecule has 2 amide bonds. The molecule has 0 fully saturated rings. The summed E-state index contributed by atoms with van der Waals surface area (Å²) in [5.41, 5.74) is 3.29. The van der Waals surface area contributed by atoms with E-state index in [0.717, 1.165) is 16.8 Å². The number of hydrogen-bond donors (Lipinski definition) is 2. The summed E-state index contributed by atoms with van der Waals surface area (Å²) in [7, 11) is 0. The lowest BCUT2D eigenvalue weighted by molar-refractivity contribution is 0.262. The molecule has 0 spiro atoms. The van der Waals surface area contributed by atoms with E-state index in [1.807, 2.05) is 32.0 Å². The number of carbonyl (C=O) groups excluding carboxylic acids is 1. The fraction of sp³-hybridized carbons (Fsp3) is 0.133. The number of nitrogens with one attached hydrogen (secondary N) is 2. The molecule has 0 saturated carbocycles. The van der Waals surface area contributed by atoms with Crippen LogP contribution >= 0.6 is 23.2 Å². The molecule has 0 bridgehead atoms. The van der Waals surface area contributed by atoms with E-state index in [1.165, 1.54) is 0 Å². The number of benzene rings is 2. The van der Waals surface area contributed by atoms with Gasteiger partial charge < -0.3 is 10.6 Å². The Kier molecular flexibility index (Phi) is 4.53. The predicted molar refractivity (Wildman–Crippen MR) is 85.0 cm³/mol. The second-order valence-electron chi connectivity index (χ2n) is 4.42. The van der Waals surface area contributed by atoms with Gasteiger partial charge in [-0.3, -0.25) is 0 Å². The first-order valence-corrected chi connectivity index (χ1v) is 6.83. The summed E-state index contributed by atoms with van der Waals surface area (Å²) in [6.07, 6.45) is 0. The molecule has 0 atom stereocenters. The van der Waals surface area contributed by atoms with E-state index in [0.29, 0.717) is 15.7 Å². The molecule has 20 heavy (non-hydrogen) atoms. The van der Waals surface area contributed by atoms with E-state index in [-0.39, 0.29) is 6.03 Å². The van der Waals surface area contributed by atoms with Crippen LogP contribution in [-0.2, 0) is 0 Å². The van der Waals surface area contributed by atoms with Crippen LogP contribution in [0.4, 0.5) is 16.2 Å². The molecule has 0 saturated heterocycles. The largest absolute Gasteiger partial charge is 0.323 e. The Hall–Kier alpha value is -1.71. The Morgan fingerprint density at radius 1 is 0.950 bits per heavy atom. The van der Waals surface area contributed by atoms with Crippen LogP contribution in [0.1, 0.15) is 11.1 Å². The first-order valence-electron chi connectivity index (χ1n) is 6.07. The molecule has 2 aromatic carbocycles. The highest BCUT2D eigenvalue weighted by Gasteiger charge is 2.10. The zero-order valence-electron chi connectivity index (χ0n) is 11.1. The minimum absolute atomic E-state index is 0.381. The average molecular weight is 309 g/mol. The summed E-state index contributed by atoms with van der Waals surface area (Å²) in [6.45, 7) is 3.94. The normalized spacial score (nSPS) is 10.2. The van der Waals surface area contributed by atoms with Gasteiger partial charge in [0, 0.05) is 5.69 Å². The topological polar surface area (TPSA) is 41.1 Å². The number of halogens is 2. The van der Waals surface area contributed by atoms with Gasteiger partial charge in [-0.1, -0.05) is 41.4 Å². The second kappa shape index (κ2) is 6.16. The van der Waals surface area contributed by atoms with Crippen LogP contribution in [-0.4, -0.2) is 6.03 Å². The number of amides is 2. The van der Waals surface area contributed by atoms with Crippen LogP contribution in [0.5, 0.6) is 0 Å². The maximum absolute atomic E-state index is 12.0. The van der Waals surface area contributed by atoms with Crippen molar-refractivity contribution in [1.82, 2.24) is 0 Å². The van der Waals surface area contributed by atoms with Gasteiger partial charge >= 0.3 is 6.03 Å². The molecule has 5 heteroatoms. The molecule has 2 rings (SSSR count). The van der Waals surface area contributed by atoms with Crippen LogP contribution in [0.15, 0.2) is 36.4 Å². The third-order valence-corrected chi connectivity index (χ3v) is 3.68. The highest BCUT2D eigenvalue weighted by molar-refractivity contribution is 6.39. The van der Waals surface area contributed by atoms with Crippen molar-refractivity contribution in [2.45, 2.75) is 13.8 Å². The number of anilines is 2. The smallest absolute Gasteiger partial charge is 0.307 e. The van der Waals surface area contributed by atoms with E-state index >= 15 is 0 Å². The van der Waals surface area contributed by atoms with Crippen molar-refractivity contribution in [3.8, 4) is 0 Å². The number of rotatable bonds is 2. The van der Waals surface area contributed by atoms with Crippen molar-refractivity contribution in [3.05, 3.63) is 57.6 Å². The maximum Gasteiger partial charge on any atom is 0.323 e. The molecule has 104 valence electrons. The number of aryl methyl sites for hydroxylation is 1. The summed E-state index contributed by atoms with van der Waals surface area (Å²) in [5, 5.41) is 6.24. The SMILES string of the molecule is Cc1cccc(NC(=O)Nc2c(Cl)cccc2Cl)c1C. The Morgan fingerprint density at radius 3 is 2.20 bits per heavy atom. The Morgan fingerprint density at radius 2 is 1.55 bits per heavy atom. The second-order valence-corrected chi connectivity index (χ2v) is 5.24. The molecule has 3 nitrogen and oxygen atoms in total. The third kappa shape index (κ3) is 3.24. The van der Waals surface area contributed by atoms with Gasteiger partial charge in [0.15, 0.2) is 0 Å². The maximum atomic E-state index is 12.0. The quantitative estimate of drug-likeness (QED) is 0.781. The minimum Gasteiger partial charge on any atom is -0.307 e. The van der Waals surface area contributed by atoms with Crippen LogP contribution in [0.25, 0.3) is 0 Å². The van der Waals surface area contributed by atoms with Crippen LogP contribution < -0.4 is 10.6 Å². The minimum atomic E-state index is -0.381. The number of para-hydroxylation sites is 1. The van der Waals surface area contributed by atoms with Crippen molar-refractivity contribution in [3.63, 3.8) is 0 Å². The standard InChI is InChI=1S/C15H14Cl2N2O/c1-9-5-3-8-13(10(9)2)18-15(20)19-14-11(16)6-4-7-12(14)17/h3-8H,1-2H3,(H2,18,19,20). The highest BCUT2D eigenvalue weighted by atomic mass is 35.5. The summed E-state index contributed by atoms with van der Waals surface area (Å²) in [4.78, 5) is 12.0. The van der Waals surface area contributed by atoms with Crippen molar-refractivity contribution in [2.24, 2.45) is 0 Å². The number of hydrogen-bond acceptors (Lipinski definition) is 1. The number of urea groups is 1. The molecule has 2 N–H and O–H groups in total. The van der Waals surface area contributed by atoms with E-state index in [9.17, 15) is 4.79 Å². The van der Waals surface area contributed by atoms with Gasteiger partial charge in [-0.05, 0) is 43.2 Å². The zero-order chi connectivity index (χ0) is 14.7. The van der Waals surface area contributed by atoms with Gasteiger partial charge in [0.2, 0.25) is 0 Å². The van der Waals surface area contributed by atoms with Crippen molar-refractivity contribution in [1.29, 1.82) is 0 Å². The van der Waals surface area contributed by atoms with E-state index in [2.05, 4.69) is 10.6 Å². The monoisotopic (exact) mass is 308 g/mol. The Bertz CT molecular complexity index is 636. The molecule has 2 aromatic rings. The fourth-order valence-corrected chi connectivity index (χ4v) is 2.26. The Balaban J connectivity index is 2.16. The summed E-state index contributed by atoms with van der Waals surface area (Å²) < 4.78 is 0. The molecule has 0 aliphatic heterocycles. The van der Waals surface area contributed by atoms with Crippen LogP contribution in [0, 0.1) is 13.8 Å². The van der Waals surface area contributed by atoms with Crippen molar-refractivity contribution in [2.75, 3.05) is 10.6 Å². The van der Waals surface area contributed by atoms with Crippen LogP contribution in [0.3, 0.4) is 0 Å². The van der Waals surface area contributed by atoms with Gasteiger partial charge in [0.1, 0.15) is 0 Å². The van der Waals surface area contributed by atoms with Crippen molar-refractivity contribution >= 4 is 40.6 Å². The zero-order valence-corrected chi connectivity index (χ0v) is 12.6. The van der Waals surface area contributed by atoms with E-state index < -0.39 is 0 Å². The molecule has 0 radical (unpaired) electrons. The molecular formula is C15H14Cl2N2O. The van der Waals surface area contributed by atoms with Crippen molar-refractivity contribution < 1.29 is 4.79 Å². The molecule has 0 aliphatic carbocycles. The summed E-state index contributed by atoms with van der Waals surface area (Å²) in [6, 6.07) is 10.4. The first-order chi connectivity index (χ1) is 9.49. The van der Waals surface area contributed by atoms with Gasteiger partial charge in [-0.25, -0.2) is 4.79 Å². The van der Waals surface area contributed by atoms with E-state index in [4.69, 9.17) is 23.2 Å². The van der Waals surface area contributed by atoms with Gasteiger partial charge in [-0.15, -0.1) is 0 Å². The van der Waals surface area contributed by atoms with Crippen LogP contribution in [0.2, 0.25) is 10.0 Å². The average Bonchev–Trinajstić information content (AvgIpc) is 2.39. The molecule has 0 aliphatic rings. The molecule has 0 heterocycles. The third-order valence-electron chi connectivity index (χ3n) is 3.05. The highest BCUT2D eigenvalue weighted by Crippen LogP contribution is 2.30. The first kappa shape index (κ1) is 14.7. The van der Waals surface area contributed by atoms with Gasteiger partial charge in [0.25, 0.3) is 0 Å². The van der Waals surface area contributed by atoms with E-state index in [1.54, 1.807) is 18.2 Å².